The van der Waals surface area contributed by atoms with Crippen LogP contribution < -0.4 is 9.74 Å². The number of imidazole rings is 1. The predicted molar refractivity (Wildman–Crippen MR) is 181 cm³/mol. The van der Waals surface area contributed by atoms with Crippen molar-refractivity contribution in [2.24, 2.45) is 7.05 Å². The summed E-state index contributed by atoms with van der Waals surface area (Å²) in [6.45, 7) is 8.18. The number of aromatic nitrogens is 4. The van der Waals surface area contributed by atoms with Crippen LogP contribution in [0.3, 0.4) is 0 Å². The molecule has 12 heteroatoms. The van der Waals surface area contributed by atoms with Gasteiger partial charge in [0.1, 0.15) is 11.1 Å². The van der Waals surface area contributed by atoms with Gasteiger partial charge in [-0.15, -0.1) is 0 Å². The number of hydrogen-bond donors (Lipinski definition) is 1. The van der Waals surface area contributed by atoms with Gasteiger partial charge in [-0.3, -0.25) is 14.6 Å². The summed E-state index contributed by atoms with van der Waals surface area (Å²) in [5.74, 6) is 0.266. The van der Waals surface area contributed by atoms with Crippen LogP contribution in [0.5, 0.6) is 0 Å². The quantitative estimate of drug-likeness (QED) is 0.154. The van der Waals surface area contributed by atoms with Gasteiger partial charge in [0.15, 0.2) is 12.1 Å². The number of halogens is 1. The lowest BCUT2D eigenvalue weighted by Gasteiger charge is -2.29. The molecule has 0 saturated carbocycles. The third kappa shape index (κ3) is 6.39. The maximum absolute atomic E-state index is 13.7. The number of fused-ring (bicyclic) bond motifs is 2. The van der Waals surface area contributed by atoms with Gasteiger partial charge in [0.25, 0.3) is 0 Å². The number of nitrogens with one attached hydrogen (secondary N) is 1. The molecule has 0 saturated heterocycles. The number of ether oxygens (including phenoxy) is 1. The summed E-state index contributed by atoms with van der Waals surface area (Å²) in [6.07, 6.45) is 4.09. The molecule has 4 heterocycles. The Hall–Kier alpha value is -5.29. The molecular formula is C35H34ClN7O4. The Morgan fingerprint density at radius 3 is 2.64 bits per heavy atom. The van der Waals surface area contributed by atoms with Crippen molar-refractivity contribution in [3.05, 3.63) is 95.3 Å². The molecule has 0 radical (unpaired) electrons. The van der Waals surface area contributed by atoms with Crippen LogP contribution in [0.15, 0.2) is 67.0 Å². The van der Waals surface area contributed by atoms with Crippen molar-refractivity contribution in [3.63, 3.8) is 0 Å². The molecule has 0 aliphatic carbocycles. The number of benzene rings is 2. The third-order valence-corrected chi connectivity index (χ3v) is 8.35. The highest BCUT2D eigenvalue weighted by molar-refractivity contribution is 6.38. The third-order valence-electron chi connectivity index (χ3n) is 8.00. The molecule has 0 atom stereocenters. The molecule has 47 heavy (non-hydrogen) atoms. The number of anilines is 3. The minimum atomic E-state index is -0.610. The second-order valence-electron chi connectivity index (χ2n) is 12.4. The minimum absolute atomic E-state index is 0.181. The number of aldehydes is 1. The fourth-order valence-electron chi connectivity index (χ4n) is 5.65. The van der Waals surface area contributed by atoms with Crippen LogP contribution in [0.4, 0.5) is 22.0 Å². The van der Waals surface area contributed by atoms with Gasteiger partial charge in [-0.1, -0.05) is 24.3 Å². The number of pyridine rings is 2. The molecule has 0 unspecified atom stereocenters. The maximum Gasteiger partial charge on any atom is 0.410 e. The summed E-state index contributed by atoms with van der Waals surface area (Å²) in [7, 11) is 1.78. The number of amides is 2. The molecule has 3 aromatic heterocycles. The SMILES string of the molecule is Cc1c(Nc2nccc3cc(C=O)cnc23)cccc1-c1cccc(N(Cl)C(=O)c2nc3c(n2C)CCN(C(=O)OC(C)(C)C)C3)c1. The zero-order valence-corrected chi connectivity index (χ0v) is 27.5. The average Bonchev–Trinajstić information content (AvgIpc) is 3.39. The first-order valence-corrected chi connectivity index (χ1v) is 15.5. The van der Waals surface area contributed by atoms with Crippen LogP contribution in [-0.2, 0) is 24.8 Å². The molecule has 0 fully saturated rings. The highest BCUT2D eigenvalue weighted by atomic mass is 35.5. The van der Waals surface area contributed by atoms with Crippen LogP contribution in [-0.4, -0.2) is 54.9 Å². The molecule has 0 spiro atoms. The van der Waals surface area contributed by atoms with E-state index in [0.29, 0.717) is 41.2 Å². The van der Waals surface area contributed by atoms with Crippen LogP contribution in [0.1, 0.15) is 58.7 Å². The fourth-order valence-corrected chi connectivity index (χ4v) is 5.83. The second-order valence-corrected chi connectivity index (χ2v) is 12.7. The average molecular weight is 652 g/mol. The van der Waals surface area contributed by atoms with Crippen LogP contribution in [0, 0.1) is 6.92 Å². The van der Waals surface area contributed by atoms with Gasteiger partial charge in [0, 0.05) is 66.5 Å². The van der Waals surface area contributed by atoms with Gasteiger partial charge in [0.2, 0.25) is 5.82 Å². The first-order valence-electron chi connectivity index (χ1n) is 15.1. The van der Waals surface area contributed by atoms with Crippen LogP contribution >= 0.6 is 11.8 Å². The lowest BCUT2D eigenvalue weighted by atomic mass is 9.98. The van der Waals surface area contributed by atoms with Gasteiger partial charge in [-0.05, 0) is 74.7 Å². The van der Waals surface area contributed by atoms with E-state index in [1.807, 2.05) is 70.2 Å². The molecule has 1 N–H and O–H groups in total. The largest absolute Gasteiger partial charge is 0.444 e. The Morgan fingerprint density at radius 1 is 1.09 bits per heavy atom. The smallest absolute Gasteiger partial charge is 0.410 e. The summed E-state index contributed by atoms with van der Waals surface area (Å²) in [4.78, 5) is 52.7. The van der Waals surface area contributed by atoms with E-state index in [2.05, 4.69) is 20.3 Å². The van der Waals surface area contributed by atoms with Gasteiger partial charge in [-0.25, -0.2) is 19.2 Å². The van der Waals surface area contributed by atoms with Crippen molar-refractivity contribution in [2.45, 2.75) is 46.3 Å². The van der Waals surface area contributed by atoms with Crippen molar-refractivity contribution in [1.29, 1.82) is 0 Å². The Balaban J connectivity index is 1.23. The molecule has 6 rings (SSSR count). The van der Waals surface area contributed by atoms with Gasteiger partial charge < -0.3 is 19.5 Å². The first kappa shape index (κ1) is 31.7. The lowest BCUT2D eigenvalue weighted by molar-refractivity contribution is 0.0220. The van der Waals surface area contributed by atoms with E-state index in [1.165, 1.54) is 6.20 Å². The van der Waals surface area contributed by atoms with Crippen molar-refractivity contribution < 1.29 is 19.1 Å². The topological polar surface area (TPSA) is 123 Å². The molecule has 5 aromatic rings. The Morgan fingerprint density at radius 2 is 1.87 bits per heavy atom. The number of nitrogens with zero attached hydrogens (tertiary/aromatic N) is 6. The molecule has 11 nitrogen and oxygen atoms in total. The Bertz CT molecular complexity index is 2030. The zero-order chi connectivity index (χ0) is 33.5. The Kier molecular flexibility index (Phi) is 8.42. The summed E-state index contributed by atoms with van der Waals surface area (Å²) in [6, 6.07) is 16.9. The van der Waals surface area contributed by atoms with Gasteiger partial charge in [-0.2, -0.15) is 0 Å². The monoisotopic (exact) mass is 651 g/mol. The molecule has 2 aromatic carbocycles. The van der Waals surface area contributed by atoms with E-state index in [-0.39, 0.29) is 12.4 Å². The summed E-state index contributed by atoms with van der Waals surface area (Å²) in [5, 5.41) is 4.20. The molecule has 1 aliphatic heterocycles. The van der Waals surface area contributed by atoms with E-state index < -0.39 is 17.6 Å². The zero-order valence-electron chi connectivity index (χ0n) is 26.7. The maximum atomic E-state index is 13.7. The first-order chi connectivity index (χ1) is 22.4. The van der Waals surface area contributed by atoms with Crippen molar-refractivity contribution >= 4 is 58.2 Å². The van der Waals surface area contributed by atoms with Crippen molar-refractivity contribution in [1.82, 2.24) is 24.4 Å². The predicted octanol–water partition coefficient (Wildman–Crippen LogP) is 6.99. The molecular weight excluding hydrogens is 618 g/mol. The van der Waals surface area contributed by atoms with E-state index in [0.717, 1.165) is 44.2 Å². The highest BCUT2D eigenvalue weighted by Crippen LogP contribution is 2.34. The van der Waals surface area contributed by atoms with Gasteiger partial charge >= 0.3 is 12.0 Å². The summed E-state index contributed by atoms with van der Waals surface area (Å²) < 4.78 is 8.34. The van der Waals surface area contributed by atoms with Gasteiger partial charge in [0.05, 0.1) is 17.9 Å². The summed E-state index contributed by atoms with van der Waals surface area (Å²) in [5.41, 5.74) is 6.10. The van der Waals surface area contributed by atoms with Crippen molar-refractivity contribution in [2.75, 3.05) is 16.3 Å². The molecule has 240 valence electrons. The van der Waals surface area contributed by atoms with E-state index in [4.69, 9.17) is 16.5 Å². The van der Waals surface area contributed by atoms with Crippen LogP contribution in [0.25, 0.3) is 22.0 Å². The Labute approximate surface area is 277 Å². The molecule has 2 amide bonds. The minimum Gasteiger partial charge on any atom is -0.444 e. The van der Waals surface area contributed by atoms with E-state index >= 15 is 0 Å². The van der Waals surface area contributed by atoms with E-state index in [9.17, 15) is 14.4 Å². The number of rotatable bonds is 6. The van der Waals surface area contributed by atoms with E-state index in [1.54, 1.807) is 34.8 Å². The fraction of sp³-hybridized carbons (Fsp3) is 0.257. The number of carbonyl (C=O) groups excluding carboxylic acids is 3. The second kappa shape index (κ2) is 12.5. The molecule has 0 bridgehead atoms. The molecule has 1 aliphatic rings. The normalized spacial score (nSPS) is 12.9. The van der Waals surface area contributed by atoms with Crippen molar-refractivity contribution in [3.8, 4) is 11.1 Å². The van der Waals surface area contributed by atoms with Crippen LogP contribution in [0.2, 0.25) is 0 Å². The highest BCUT2D eigenvalue weighted by Gasteiger charge is 2.31. The number of carbonyl (C=O) groups is 3. The number of hydrogen-bond acceptors (Lipinski definition) is 8. The standard InChI is InChI=1S/C35H34ClN7O4/c1-21-26(10-7-11-27(21)39-31-30-24(12-14-37-31)16-22(20-44)18-38-30)23-8-6-9-25(17-23)43(36)33(45)32-40-28-19-42(15-13-29(28)41(32)5)34(46)47-35(2,3)4/h6-12,14,16-18,20H,13,15,19H2,1-5H3,(H,37,39). The summed E-state index contributed by atoms with van der Waals surface area (Å²) >= 11 is 6.69. The lowest BCUT2D eigenvalue weighted by Crippen LogP contribution is -2.40.